The summed E-state index contributed by atoms with van der Waals surface area (Å²) >= 11 is 1.84. The van der Waals surface area contributed by atoms with E-state index < -0.39 is 0 Å². The fraction of sp³-hybridized carbons (Fsp3) is 0. The Morgan fingerprint density at radius 1 is 0.449 bits per heavy atom. The van der Waals surface area contributed by atoms with E-state index in [2.05, 4.69) is 169 Å². The molecule has 0 atom stereocenters. The van der Waals surface area contributed by atoms with Crippen LogP contribution in [0.3, 0.4) is 0 Å². The number of anilines is 3. The van der Waals surface area contributed by atoms with Gasteiger partial charge in [0.2, 0.25) is 5.89 Å². The van der Waals surface area contributed by atoms with E-state index in [1.807, 2.05) is 17.4 Å². The summed E-state index contributed by atoms with van der Waals surface area (Å²) in [6, 6.07) is 60.4. The zero-order chi connectivity index (χ0) is 32.3. The number of hydrogen-bond acceptors (Lipinski definition) is 4. The molecule has 3 nitrogen and oxygen atoms in total. The van der Waals surface area contributed by atoms with Gasteiger partial charge in [-0.2, -0.15) is 0 Å². The number of hydrogen-bond donors (Lipinski definition) is 0. The van der Waals surface area contributed by atoms with Crippen molar-refractivity contribution in [3.05, 3.63) is 170 Å². The molecule has 0 unspecified atom stereocenters. The predicted molar refractivity (Wildman–Crippen MR) is 207 cm³/mol. The summed E-state index contributed by atoms with van der Waals surface area (Å²) < 4.78 is 9.15. The standard InChI is InChI=1S/C45H28N2OS/c1-2-11-32-27-34(24-19-29(32)9-1)47(35-25-26-43-40(28-35)38-14-5-6-18-42(38)49-43)33-22-20-31(21-23-33)37-15-8-17-41-44(37)48-45(46-41)39-16-7-12-30-10-3-4-13-36(30)39/h1-28H. The summed E-state index contributed by atoms with van der Waals surface area (Å²) in [5.74, 6) is 0.634. The molecule has 0 radical (unpaired) electrons. The van der Waals surface area contributed by atoms with Crippen LogP contribution in [0.15, 0.2) is 174 Å². The first-order chi connectivity index (χ1) is 24.3. The Hall–Kier alpha value is -6.23. The molecule has 0 saturated heterocycles. The quantitative estimate of drug-likeness (QED) is 0.187. The van der Waals surface area contributed by atoms with Crippen LogP contribution in [0.2, 0.25) is 0 Å². The van der Waals surface area contributed by atoms with Crippen molar-refractivity contribution in [2.75, 3.05) is 4.90 Å². The Morgan fingerprint density at radius 2 is 1.10 bits per heavy atom. The highest BCUT2D eigenvalue weighted by Gasteiger charge is 2.18. The van der Waals surface area contributed by atoms with Gasteiger partial charge in [-0.05, 0) is 87.8 Å². The Labute approximate surface area is 286 Å². The van der Waals surface area contributed by atoms with Gasteiger partial charge in [0.25, 0.3) is 0 Å². The minimum atomic E-state index is 0.634. The first kappa shape index (κ1) is 27.8. The fourth-order valence-corrected chi connectivity index (χ4v) is 8.20. The minimum absolute atomic E-state index is 0.634. The third-order valence-electron chi connectivity index (χ3n) is 9.48. The van der Waals surface area contributed by atoms with Crippen molar-refractivity contribution in [3.63, 3.8) is 0 Å². The molecule has 0 saturated carbocycles. The van der Waals surface area contributed by atoms with Gasteiger partial charge < -0.3 is 9.32 Å². The Bertz CT molecular complexity index is 2840. The highest BCUT2D eigenvalue weighted by Crippen LogP contribution is 2.42. The van der Waals surface area contributed by atoms with Gasteiger partial charge in [0.1, 0.15) is 5.52 Å². The van der Waals surface area contributed by atoms with Crippen molar-refractivity contribution < 1.29 is 4.42 Å². The summed E-state index contributed by atoms with van der Waals surface area (Å²) in [5, 5.41) is 7.30. The number of oxazole rings is 1. The lowest BCUT2D eigenvalue weighted by atomic mass is 10.0. The van der Waals surface area contributed by atoms with Crippen LogP contribution in [0.1, 0.15) is 0 Å². The second-order valence-corrected chi connectivity index (χ2v) is 13.5. The van der Waals surface area contributed by atoms with Crippen LogP contribution < -0.4 is 4.90 Å². The maximum atomic E-state index is 6.55. The Balaban J connectivity index is 1.09. The van der Waals surface area contributed by atoms with E-state index in [4.69, 9.17) is 9.40 Å². The lowest BCUT2D eigenvalue weighted by Gasteiger charge is -2.26. The third kappa shape index (κ3) is 4.68. The Morgan fingerprint density at radius 3 is 2.00 bits per heavy atom. The topological polar surface area (TPSA) is 29.3 Å². The van der Waals surface area contributed by atoms with Crippen LogP contribution in [-0.2, 0) is 0 Å². The van der Waals surface area contributed by atoms with Crippen LogP contribution in [0.5, 0.6) is 0 Å². The minimum Gasteiger partial charge on any atom is -0.435 e. The van der Waals surface area contributed by atoms with E-state index >= 15 is 0 Å². The van der Waals surface area contributed by atoms with E-state index in [0.717, 1.165) is 50.2 Å². The van der Waals surface area contributed by atoms with E-state index in [-0.39, 0.29) is 0 Å². The molecule has 0 aliphatic rings. The monoisotopic (exact) mass is 644 g/mol. The van der Waals surface area contributed by atoms with E-state index in [1.54, 1.807) is 0 Å². The molecule has 0 aliphatic heterocycles. The molecule has 0 N–H and O–H groups in total. The molecule has 2 heterocycles. The van der Waals surface area contributed by atoms with Gasteiger partial charge in [-0.1, -0.05) is 109 Å². The van der Waals surface area contributed by atoms with E-state index in [0.29, 0.717) is 5.89 Å². The average molecular weight is 645 g/mol. The SMILES string of the molecule is c1ccc2cc(N(c3ccc(-c4cccc5nc(-c6cccc7ccccc67)oc45)cc3)c3ccc4sc5ccccc5c4c3)ccc2c1. The largest absolute Gasteiger partial charge is 0.435 e. The zero-order valence-corrected chi connectivity index (χ0v) is 27.2. The van der Waals surface area contributed by atoms with Gasteiger partial charge in [0.15, 0.2) is 5.58 Å². The summed E-state index contributed by atoms with van der Waals surface area (Å²) in [6.45, 7) is 0. The van der Waals surface area contributed by atoms with Crippen molar-refractivity contribution >= 4 is 81.2 Å². The highest BCUT2D eigenvalue weighted by molar-refractivity contribution is 7.25. The smallest absolute Gasteiger partial charge is 0.227 e. The molecule has 49 heavy (non-hydrogen) atoms. The van der Waals surface area contributed by atoms with Gasteiger partial charge in [-0.3, -0.25) is 0 Å². The molecule has 0 spiro atoms. The van der Waals surface area contributed by atoms with Crippen LogP contribution in [0, 0.1) is 0 Å². The van der Waals surface area contributed by atoms with Crippen LogP contribution in [0.4, 0.5) is 17.1 Å². The zero-order valence-electron chi connectivity index (χ0n) is 26.4. The lowest BCUT2D eigenvalue weighted by molar-refractivity contribution is 0.621. The normalized spacial score (nSPS) is 11.7. The maximum Gasteiger partial charge on any atom is 0.227 e. The molecular formula is C45H28N2OS. The summed E-state index contributed by atoms with van der Waals surface area (Å²) in [5.41, 5.74) is 8.05. The first-order valence-corrected chi connectivity index (χ1v) is 17.3. The number of benzene rings is 8. The second kappa shape index (κ2) is 11.2. The highest BCUT2D eigenvalue weighted by atomic mass is 32.1. The van der Waals surface area contributed by atoms with Gasteiger partial charge in [-0.15, -0.1) is 11.3 Å². The molecule has 2 aromatic heterocycles. The van der Waals surface area contributed by atoms with Crippen molar-refractivity contribution in [2.24, 2.45) is 0 Å². The fourth-order valence-electron chi connectivity index (χ4n) is 7.11. The molecule has 0 fully saturated rings. The molecule has 230 valence electrons. The van der Waals surface area contributed by atoms with Crippen molar-refractivity contribution in [1.82, 2.24) is 4.98 Å². The van der Waals surface area contributed by atoms with Gasteiger partial charge in [0.05, 0.1) is 0 Å². The lowest BCUT2D eigenvalue weighted by Crippen LogP contribution is -2.09. The molecule has 0 aliphatic carbocycles. The molecule has 4 heteroatoms. The number of para-hydroxylation sites is 1. The molecule has 0 bridgehead atoms. The number of thiophene rings is 1. The third-order valence-corrected chi connectivity index (χ3v) is 10.6. The van der Waals surface area contributed by atoms with Crippen molar-refractivity contribution in [2.45, 2.75) is 0 Å². The molecule has 0 amide bonds. The van der Waals surface area contributed by atoms with Gasteiger partial charge >= 0.3 is 0 Å². The van der Waals surface area contributed by atoms with Crippen LogP contribution in [-0.4, -0.2) is 4.98 Å². The van der Waals surface area contributed by atoms with Gasteiger partial charge in [-0.25, -0.2) is 4.98 Å². The maximum absolute atomic E-state index is 6.55. The number of rotatable bonds is 5. The first-order valence-electron chi connectivity index (χ1n) is 16.5. The second-order valence-electron chi connectivity index (χ2n) is 12.4. The number of aromatic nitrogens is 1. The summed E-state index contributed by atoms with van der Waals surface area (Å²) in [4.78, 5) is 7.29. The summed E-state index contributed by atoms with van der Waals surface area (Å²) in [7, 11) is 0. The van der Waals surface area contributed by atoms with E-state index in [9.17, 15) is 0 Å². The molecule has 10 rings (SSSR count). The molecule has 10 aromatic rings. The van der Waals surface area contributed by atoms with E-state index in [1.165, 1.54) is 36.3 Å². The number of fused-ring (bicyclic) bond motifs is 6. The number of nitrogens with zero attached hydrogens (tertiary/aromatic N) is 2. The van der Waals surface area contributed by atoms with Crippen molar-refractivity contribution in [3.8, 4) is 22.6 Å². The predicted octanol–water partition coefficient (Wildman–Crippen LogP) is 13.3. The summed E-state index contributed by atoms with van der Waals surface area (Å²) in [6.07, 6.45) is 0. The Kier molecular flexibility index (Phi) is 6.36. The van der Waals surface area contributed by atoms with Crippen molar-refractivity contribution in [1.29, 1.82) is 0 Å². The van der Waals surface area contributed by atoms with Crippen LogP contribution in [0.25, 0.3) is 75.4 Å². The molecular weight excluding hydrogens is 617 g/mol. The average Bonchev–Trinajstić information content (AvgIpc) is 3.77. The molecule has 8 aromatic carbocycles. The van der Waals surface area contributed by atoms with Gasteiger partial charge in [0, 0.05) is 48.4 Å². The van der Waals surface area contributed by atoms with Crippen LogP contribution >= 0.6 is 11.3 Å².